The fourth-order valence-electron chi connectivity index (χ4n) is 3.19. The van der Waals surface area contributed by atoms with Crippen LogP contribution in [0.2, 0.25) is 0 Å². The maximum absolute atomic E-state index is 12.2. The second-order valence-corrected chi connectivity index (χ2v) is 6.59. The molecule has 2 aliphatic rings. The molecule has 2 heterocycles. The Hall–Kier alpha value is -3.09. The standard InChI is InChI=1S/C20H22N4O3/c25-20(21-9-8-14-4-2-1-3-5-14)16-11-23-19(12-22-16)24-15-6-7-17-18(10-15)27-13-26-17/h4,6-7,10-12H,1-3,5,8-9,13H2,(H,21,25)(H,23,24). The Morgan fingerprint density at radius 3 is 2.85 bits per heavy atom. The first kappa shape index (κ1) is 17.3. The van der Waals surface area contributed by atoms with Crippen molar-refractivity contribution in [3.63, 3.8) is 0 Å². The minimum absolute atomic E-state index is 0.200. The minimum atomic E-state index is -0.200. The van der Waals surface area contributed by atoms with E-state index in [0.29, 0.717) is 23.8 Å². The number of carbonyl (C=O) groups excluding carboxylic acids is 1. The van der Waals surface area contributed by atoms with E-state index in [4.69, 9.17) is 9.47 Å². The molecule has 4 rings (SSSR count). The van der Waals surface area contributed by atoms with Gasteiger partial charge in [0.15, 0.2) is 11.5 Å². The molecule has 0 fully saturated rings. The largest absolute Gasteiger partial charge is 0.454 e. The SMILES string of the molecule is O=C(NCCC1=CCCCC1)c1cnc(Nc2ccc3c(c2)OCO3)cn1. The first-order valence-corrected chi connectivity index (χ1v) is 9.23. The van der Waals surface area contributed by atoms with Crippen LogP contribution in [0.15, 0.2) is 42.2 Å². The normalized spacial score (nSPS) is 15.2. The summed E-state index contributed by atoms with van der Waals surface area (Å²) < 4.78 is 10.6. The maximum atomic E-state index is 12.2. The lowest BCUT2D eigenvalue weighted by molar-refractivity contribution is 0.0948. The number of carbonyl (C=O) groups is 1. The molecule has 1 aliphatic carbocycles. The van der Waals surface area contributed by atoms with Crippen LogP contribution in [0, 0.1) is 0 Å². The van der Waals surface area contributed by atoms with Crippen molar-refractivity contribution in [1.29, 1.82) is 0 Å². The molecule has 0 spiro atoms. The Bertz CT molecular complexity index is 849. The van der Waals surface area contributed by atoms with Gasteiger partial charge in [-0.15, -0.1) is 0 Å². The van der Waals surface area contributed by atoms with Crippen LogP contribution in [0.4, 0.5) is 11.5 Å². The van der Waals surface area contributed by atoms with Crippen LogP contribution in [0.25, 0.3) is 0 Å². The van der Waals surface area contributed by atoms with Crippen LogP contribution in [-0.2, 0) is 0 Å². The fourth-order valence-corrected chi connectivity index (χ4v) is 3.19. The van der Waals surface area contributed by atoms with Gasteiger partial charge in [0.2, 0.25) is 6.79 Å². The Morgan fingerprint density at radius 2 is 2.04 bits per heavy atom. The molecule has 27 heavy (non-hydrogen) atoms. The highest BCUT2D eigenvalue weighted by Gasteiger charge is 2.14. The molecule has 0 atom stereocenters. The number of anilines is 2. The van der Waals surface area contributed by atoms with Crippen molar-refractivity contribution in [2.75, 3.05) is 18.7 Å². The summed E-state index contributed by atoms with van der Waals surface area (Å²) in [6.45, 7) is 0.864. The second kappa shape index (κ2) is 8.07. The van der Waals surface area contributed by atoms with E-state index < -0.39 is 0 Å². The van der Waals surface area contributed by atoms with Crippen molar-refractivity contribution in [3.8, 4) is 11.5 Å². The third-order valence-electron chi connectivity index (χ3n) is 4.65. The number of nitrogens with one attached hydrogen (secondary N) is 2. The number of aromatic nitrogens is 2. The zero-order chi connectivity index (χ0) is 18.5. The number of benzene rings is 1. The molecule has 7 nitrogen and oxygen atoms in total. The second-order valence-electron chi connectivity index (χ2n) is 6.59. The van der Waals surface area contributed by atoms with E-state index in [9.17, 15) is 4.79 Å². The quantitative estimate of drug-likeness (QED) is 0.760. The van der Waals surface area contributed by atoms with Gasteiger partial charge in [0, 0.05) is 18.3 Å². The summed E-state index contributed by atoms with van der Waals surface area (Å²) in [5, 5.41) is 6.05. The van der Waals surface area contributed by atoms with Crippen molar-refractivity contribution in [3.05, 3.63) is 47.9 Å². The zero-order valence-corrected chi connectivity index (χ0v) is 15.0. The van der Waals surface area contributed by atoms with Gasteiger partial charge in [0.1, 0.15) is 11.5 Å². The topological polar surface area (TPSA) is 85.4 Å². The molecule has 2 aromatic rings. The molecule has 0 radical (unpaired) electrons. The van der Waals surface area contributed by atoms with E-state index in [1.54, 1.807) is 6.20 Å². The van der Waals surface area contributed by atoms with Crippen molar-refractivity contribution in [2.45, 2.75) is 32.1 Å². The molecule has 0 unspecified atom stereocenters. The summed E-state index contributed by atoms with van der Waals surface area (Å²) in [7, 11) is 0. The Morgan fingerprint density at radius 1 is 1.11 bits per heavy atom. The lowest BCUT2D eigenvalue weighted by Crippen LogP contribution is -2.26. The molecule has 2 N–H and O–H groups in total. The van der Waals surface area contributed by atoms with Crippen LogP contribution >= 0.6 is 0 Å². The third kappa shape index (κ3) is 4.36. The van der Waals surface area contributed by atoms with Crippen molar-refractivity contribution in [2.24, 2.45) is 0 Å². The molecular weight excluding hydrogens is 344 g/mol. The summed E-state index contributed by atoms with van der Waals surface area (Å²) in [6, 6.07) is 5.54. The lowest BCUT2D eigenvalue weighted by atomic mass is 9.97. The molecule has 1 aliphatic heterocycles. The van der Waals surface area contributed by atoms with E-state index in [1.165, 1.54) is 24.6 Å². The van der Waals surface area contributed by atoms with Gasteiger partial charge < -0.3 is 20.1 Å². The van der Waals surface area contributed by atoms with Gasteiger partial charge >= 0.3 is 0 Å². The monoisotopic (exact) mass is 366 g/mol. The third-order valence-corrected chi connectivity index (χ3v) is 4.65. The van der Waals surface area contributed by atoms with Crippen molar-refractivity contribution >= 4 is 17.4 Å². The number of allylic oxidation sites excluding steroid dienone is 1. The van der Waals surface area contributed by atoms with Crippen molar-refractivity contribution in [1.82, 2.24) is 15.3 Å². The Labute approximate surface area is 157 Å². The summed E-state index contributed by atoms with van der Waals surface area (Å²) in [5.41, 5.74) is 2.56. The molecule has 7 heteroatoms. The van der Waals surface area contributed by atoms with E-state index >= 15 is 0 Å². The highest BCUT2D eigenvalue weighted by atomic mass is 16.7. The van der Waals surface area contributed by atoms with Crippen molar-refractivity contribution < 1.29 is 14.3 Å². The van der Waals surface area contributed by atoms with Gasteiger partial charge in [-0.05, 0) is 44.2 Å². The molecule has 0 bridgehead atoms. The molecular formula is C20H22N4O3. The van der Waals surface area contributed by atoms with Crippen LogP contribution in [0.3, 0.4) is 0 Å². The number of fused-ring (bicyclic) bond motifs is 1. The molecule has 0 saturated heterocycles. The van der Waals surface area contributed by atoms with E-state index in [1.807, 2.05) is 18.2 Å². The minimum Gasteiger partial charge on any atom is -0.454 e. The number of ether oxygens (including phenoxy) is 2. The maximum Gasteiger partial charge on any atom is 0.271 e. The first-order chi connectivity index (χ1) is 13.3. The van der Waals surface area contributed by atoms with Crippen LogP contribution in [-0.4, -0.2) is 29.2 Å². The Balaban J connectivity index is 1.30. The van der Waals surface area contributed by atoms with Crippen LogP contribution < -0.4 is 20.1 Å². The fraction of sp³-hybridized carbons (Fsp3) is 0.350. The highest BCUT2D eigenvalue weighted by Crippen LogP contribution is 2.34. The number of hydrogen-bond donors (Lipinski definition) is 2. The molecule has 1 aromatic heterocycles. The number of hydrogen-bond acceptors (Lipinski definition) is 6. The zero-order valence-electron chi connectivity index (χ0n) is 15.0. The van der Waals surface area contributed by atoms with Crippen LogP contribution in [0.5, 0.6) is 11.5 Å². The smallest absolute Gasteiger partial charge is 0.271 e. The van der Waals surface area contributed by atoms with Gasteiger partial charge in [0.05, 0.1) is 12.4 Å². The van der Waals surface area contributed by atoms with E-state index in [-0.39, 0.29) is 12.7 Å². The van der Waals surface area contributed by atoms with Gasteiger partial charge in [0.25, 0.3) is 5.91 Å². The van der Waals surface area contributed by atoms with Gasteiger partial charge in [-0.1, -0.05) is 11.6 Å². The van der Waals surface area contributed by atoms with E-state index in [0.717, 1.165) is 30.7 Å². The predicted octanol–water partition coefficient (Wildman–Crippen LogP) is 3.57. The number of amides is 1. The lowest BCUT2D eigenvalue weighted by Gasteiger charge is -2.12. The highest BCUT2D eigenvalue weighted by molar-refractivity contribution is 5.92. The van der Waals surface area contributed by atoms with Gasteiger partial charge in [-0.2, -0.15) is 0 Å². The Kier molecular flexibility index (Phi) is 5.18. The summed E-state index contributed by atoms with van der Waals surface area (Å²) in [5.74, 6) is 1.77. The van der Waals surface area contributed by atoms with E-state index in [2.05, 4.69) is 26.7 Å². The molecule has 140 valence electrons. The van der Waals surface area contributed by atoms with Gasteiger partial charge in [-0.25, -0.2) is 9.97 Å². The molecule has 1 amide bonds. The summed E-state index contributed by atoms with van der Waals surface area (Å²) >= 11 is 0. The summed E-state index contributed by atoms with van der Waals surface area (Å²) in [6.07, 6.45) is 11.1. The average molecular weight is 366 g/mol. The number of nitrogens with zero attached hydrogens (tertiary/aromatic N) is 2. The van der Waals surface area contributed by atoms with Gasteiger partial charge in [-0.3, -0.25) is 4.79 Å². The molecule has 0 saturated carbocycles. The summed E-state index contributed by atoms with van der Waals surface area (Å²) in [4.78, 5) is 20.7. The predicted molar refractivity (Wildman–Crippen MR) is 101 cm³/mol. The number of rotatable bonds is 6. The molecule has 1 aromatic carbocycles. The first-order valence-electron chi connectivity index (χ1n) is 9.23. The average Bonchev–Trinajstić information content (AvgIpc) is 3.17. The van der Waals surface area contributed by atoms with Crippen LogP contribution in [0.1, 0.15) is 42.6 Å².